The summed E-state index contributed by atoms with van der Waals surface area (Å²) in [7, 11) is 0. The number of aromatic nitrogens is 4. The molecule has 3 heterocycles. The Morgan fingerprint density at radius 2 is 1.82 bits per heavy atom. The van der Waals surface area contributed by atoms with Crippen LogP contribution < -0.4 is 0 Å². The first-order valence-corrected chi connectivity index (χ1v) is 11.6. The molecule has 0 N–H and O–H groups in total. The van der Waals surface area contributed by atoms with Crippen molar-refractivity contribution in [2.24, 2.45) is 0 Å². The zero-order valence-electron chi connectivity index (χ0n) is 19.9. The molecule has 4 aromatic rings. The van der Waals surface area contributed by atoms with Crippen LogP contribution in [0.2, 0.25) is 0 Å². The van der Waals surface area contributed by atoms with Crippen LogP contribution in [0.4, 0.5) is 9.18 Å². The first-order valence-electron chi connectivity index (χ1n) is 11.6. The van der Waals surface area contributed by atoms with Gasteiger partial charge in [-0.3, -0.25) is 4.68 Å². The standard InChI is InChI=1S/C26H28FN5O2/c1-16-28-14-19-11-17(5-6-23(19)29-16)18-12-20-15-32(30-24(20)22(27)13-18)21-7-9-31(10-8-21)25(33)34-26(2,3)4/h5-6,11-15,21H,7-10H2,1-4H3. The van der Waals surface area contributed by atoms with E-state index >= 15 is 4.39 Å². The molecule has 2 aromatic carbocycles. The minimum Gasteiger partial charge on any atom is -0.444 e. The lowest BCUT2D eigenvalue weighted by molar-refractivity contribution is 0.0185. The molecule has 5 rings (SSSR count). The van der Waals surface area contributed by atoms with E-state index in [1.54, 1.807) is 11.1 Å². The van der Waals surface area contributed by atoms with Crippen LogP contribution in [0.1, 0.15) is 45.5 Å². The predicted molar refractivity (Wildman–Crippen MR) is 129 cm³/mol. The van der Waals surface area contributed by atoms with E-state index in [1.807, 2.05) is 62.8 Å². The summed E-state index contributed by atoms with van der Waals surface area (Å²) in [5.74, 6) is 0.370. The number of aryl methyl sites for hydroxylation is 1. The van der Waals surface area contributed by atoms with Gasteiger partial charge in [0, 0.05) is 36.3 Å². The molecule has 0 atom stereocenters. The Bertz CT molecular complexity index is 1380. The van der Waals surface area contributed by atoms with Crippen molar-refractivity contribution < 1.29 is 13.9 Å². The number of nitrogens with zero attached hydrogens (tertiary/aromatic N) is 5. The van der Waals surface area contributed by atoms with Crippen molar-refractivity contribution in [3.63, 3.8) is 0 Å². The Morgan fingerprint density at radius 1 is 1.09 bits per heavy atom. The van der Waals surface area contributed by atoms with Gasteiger partial charge in [-0.25, -0.2) is 19.2 Å². The van der Waals surface area contributed by atoms with Gasteiger partial charge in [0.2, 0.25) is 0 Å². The molecular formula is C26H28FN5O2. The number of ether oxygens (including phenoxy) is 1. The third-order valence-electron chi connectivity index (χ3n) is 6.10. The molecular weight excluding hydrogens is 433 g/mol. The minimum absolute atomic E-state index is 0.106. The normalized spacial score (nSPS) is 15.3. The summed E-state index contributed by atoms with van der Waals surface area (Å²) >= 11 is 0. The lowest BCUT2D eigenvalue weighted by Crippen LogP contribution is -2.42. The second-order valence-electron chi connectivity index (χ2n) is 9.89. The Balaban J connectivity index is 1.37. The zero-order valence-corrected chi connectivity index (χ0v) is 19.9. The van der Waals surface area contributed by atoms with Gasteiger partial charge >= 0.3 is 6.09 Å². The maximum Gasteiger partial charge on any atom is 0.410 e. The summed E-state index contributed by atoms with van der Waals surface area (Å²) in [6.45, 7) is 8.62. The monoisotopic (exact) mass is 461 g/mol. The summed E-state index contributed by atoms with van der Waals surface area (Å²) in [6, 6.07) is 9.46. The molecule has 1 saturated heterocycles. The van der Waals surface area contributed by atoms with Gasteiger partial charge in [-0.2, -0.15) is 5.10 Å². The fourth-order valence-corrected chi connectivity index (χ4v) is 4.41. The molecule has 0 bridgehead atoms. The van der Waals surface area contributed by atoms with Crippen LogP contribution in [0.5, 0.6) is 0 Å². The molecule has 0 saturated carbocycles. The lowest BCUT2D eigenvalue weighted by Gasteiger charge is -2.33. The number of benzene rings is 2. The summed E-state index contributed by atoms with van der Waals surface area (Å²) in [4.78, 5) is 22.8. The Hall–Kier alpha value is -3.55. The Labute approximate surface area is 197 Å². The van der Waals surface area contributed by atoms with Gasteiger partial charge in [0.1, 0.15) is 16.9 Å². The number of carbonyl (C=O) groups is 1. The van der Waals surface area contributed by atoms with Crippen molar-refractivity contribution >= 4 is 27.9 Å². The van der Waals surface area contributed by atoms with Crippen molar-refractivity contribution in [1.29, 1.82) is 0 Å². The van der Waals surface area contributed by atoms with E-state index < -0.39 is 5.60 Å². The van der Waals surface area contributed by atoms with Crippen LogP contribution in [0, 0.1) is 12.7 Å². The average Bonchev–Trinajstić information content (AvgIpc) is 3.22. The van der Waals surface area contributed by atoms with Crippen LogP contribution in [-0.4, -0.2) is 49.4 Å². The van der Waals surface area contributed by atoms with E-state index in [9.17, 15) is 4.79 Å². The van der Waals surface area contributed by atoms with Gasteiger partial charge in [-0.15, -0.1) is 0 Å². The highest BCUT2D eigenvalue weighted by atomic mass is 19.1. The van der Waals surface area contributed by atoms with Crippen LogP contribution >= 0.6 is 0 Å². The van der Waals surface area contributed by atoms with Crippen molar-refractivity contribution in [2.45, 2.75) is 52.2 Å². The maximum absolute atomic E-state index is 15.0. The van der Waals surface area contributed by atoms with Gasteiger partial charge in [-0.1, -0.05) is 6.07 Å². The van der Waals surface area contributed by atoms with Crippen LogP contribution in [-0.2, 0) is 4.74 Å². The molecule has 1 fully saturated rings. The van der Waals surface area contributed by atoms with Gasteiger partial charge in [0.15, 0.2) is 5.82 Å². The second kappa shape index (κ2) is 8.34. The van der Waals surface area contributed by atoms with Crippen molar-refractivity contribution in [3.05, 3.63) is 54.4 Å². The summed E-state index contributed by atoms with van der Waals surface area (Å²) in [5.41, 5.74) is 2.40. The fraction of sp³-hybridized carbons (Fsp3) is 0.385. The molecule has 0 spiro atoms. The number of rotatable bonds is 2. The van der Waals surface area contributed by atoms with Gasteiger partial charge < -0.3 is 9.64 Å². The highest BCUT2D eigenvalue weighted by Crippen LogP contribution is 2.31. The molecule has 1 amide bonds. The number of hydrogen-bond donors (Lipinski definition) is 0. The average molecular weight is 462 g/mol. The Morgan fingerprint density at radius 3 is 2.56 bits per heavy atom. The van der Waals surface area contributed by atoms with E-state index in [2.05, 4.69) is 15.1 Å². The number of halogens is 1. The van der Waals surface area contributed by atoms with Gasteiger partial charge in [0.25, 0.3) is 0 Å². The smallest absolute Gasteiger partial charge is 0.410 e. The molecule has 2 aromatic heterocycles. The molecule has 7 nitrogen and oxygen atoms in total. The van der Waals surface area contributed by atoms with Crippen molar-refractivity contribution in [2.75, 3.05) is 13.1 Å². The fourth-order valence-electron chi connectivity index (χ4n) is 4.41. The maximum atomic E-state index is 15.0. The number of piperidine rings is 1. The summed E-state index contributed by atoms with van der Waals surface area (Å²) < 4.78 is 22.4. The minimum atomic E-state index is -0.514. The topological polar surface area (TPSA) is 73.1 Å². The van der Waals surface area contributed by atoms with Crippen molar-refractivity contribution in [1.82, 2.24) is 24.6 Å². The second-order valence-corrected chi connectivity index (χ2v) is 9.89. The van der Waals surface area contributed by atoms with Crippen LogP contribution in [0.15, 0.2) is 42.7 Å². The van der Waals surface area contributed by atoms with E-state index in [1.165, 1.54) is 6.07 Å². The number of hydrogen-bond acceptors (Lipinski definition) is 5. The van der Waals surface area contributed by atoms with E-state index in [4.69, 9.17) is 4.74 Å². The molecule has 176 valence electrons. The summed E-state index contributed by atoms with van der Waals surface area (Å²) in [5, 5.41) is 6.21. The quantitative estimate of drug-likeness (QED) is 0.385. The third kappa shape index (κ3) is 4.44. The molecule has 1 aliphatic heterocycles. The summed E-state index contributed by atoms with van der Waals surface area (Å²) in [6.07, 6.45) is 4.89. The molecule has 8 heteroatoms. The van der Waals surface area contributed by atoms with Gasteiger partial charge in [0.05, 0.1) is 11.6 Å². The van der Waals surface area contributed by atoms with E-state index in [-0.39, 0.29) is 18.0 Å². The lowest BCUT2D eigenvalue weighted by atomic mass is 10.0. The molecule has 0 unspecified atom stereocenters. The first-order chi connectivity index (χ1) is 16.2. The molecule has 0 aliphatic carbocycles. The Kier molecular flexibility index (Phi) is 5.46. The highest BCUT2D eigenvalue weighted by molar-refractivity contribution is 5.88. The predicted octanol–water partition coefficient (Wildman–Crippen LogP) is 5.67. The number of likely N-dealkylation sites (tertiary alicyclic amines) is 1. The highest BCUT2D eigenvalue weighted by Gasteiger charge is 2.28. The van der Waals surface area contributed by atoms with Crippen LogP contribution in [0.25, 0.3) is 32.9 Å². The number of amides is 1. The van der Waals surface area contributed by atoms with E-state index in [0.29, 0.717) is 18.6 Å². The zero-order chi connectivity index (χ0) is 24.0. The third-order valence-corrected chi connectivity index (χ3v) is 6.10. The van der Waals surface area contributed by atoms with Gasteiger partial charge in [-0.05, 0) is 75.9 Å². The van der Waals surface area contributed by atoms with Crippen LogP contribution in [0.3, 0.4) is 0 Å². The van der Waals surface area contributed by atoms with Crippen molar-refractivity contribution in [3.8, 4) is 11.1 Å². The molecule has 0 radical (unpaired) electrons. The molecule has 1 aliphatic rings. The number of carbonyl (C=O) groups excluding carboxylic acids is 1. The largest absolute Gasteiger partial charge is 0.444 e. The first kappa shape index (κ1) is 22.3. The molecule has 34 heavy (non-hydrogen) atoms. The number of fused-ring (bicyclic) bond motifs is 2. The SMILES string of the molecule is Cc1ncc2cc(-c3cc(F)c4nn(C5CCN(C(=O)OC(C)(C)C)CC5)cc4c3)ccc2n1. The van der Waals surface area contributed by atoms with E-state index in [0.717, 1.165) is 46.1 Å².